The number of aliphatic hydroxyl groups is 1. The van der Waals surface area contributed by atoms with Crippen LogP contribution in [0.2, 0.25) is 0 Å². The molecular formula is C13H18FNO4. The van der Waals surface area contributed by atoms with Gasteiger partial charge in [-0.1, -0.05) is 0 Å². The summed E-state index contributed by atoms with van der Waals surface area (Å²) in [5.41, 5.74) is 0. The summed E-state index contributed by atoms with van der Waals surface area (Å²) in [5, 5.41) is 12.5. The lowest BCUT2D eigenvalue weighted by molar-refractivity contribution is -0.140. The minimum absolute atomic E-state index is 0.0941. The van der Waals surface area contributed by atoms with Gasteiger partial charge in [0.15, 0.2) is 0 Å². The Labute approximate surface area is 111 Å². The van der Waals surface area contributed by atoms with Crippen molar-refractivity contribution in [2.75, 3.05) is 26.8 Å². The Morgan fingerprint density at radius 2 is 2.11 bits per heavy atom. The molecule has 0 saturated heterocycles. The van der Waals surface area contributed by atoms with E-state index in [-0.39, 0.29) is 24.8 Å². The number of benzene rings is 1. The highest BCUT2D eigenvalue weighted by Crippen LogP contribution is 2.11. The van der Waals surface area contributed by atoms with E-state index in [0.29, 0.717) is 18.8 Å². The van der Waals surface area contributed by atoms with Crippen molar-refractivity contribution in [2.24, 2.45) is 0 Å². The Hall–Kier alpha value is -1.66. The van der Waals surface area contributed by atoms with Gasteiger partial charge >= 0.3 is 5.97 Å². The second-order valence-electron chi connectivity index (χ2n) is 3.95. The van der Waals surface area contributed by atoms with Crippen molar-refractivity contribution in [3.05, 3.63) is 30.1 Å². The van der Waals surface area contributed by atoms with Gasteiger partial charge in [-0.25, -0.2) is 4.39 Å². The average Bonchev–Trinajstić information content (AvgIpc) is 2.42. The fourth-order valence-electron chi connectivity index (χ4n) is 1.34. The zero-order chi connectivity index (χ0) is 14.1. The van der Waals surface area contributed by atoms with Crippen LogP contribution < -0.4 is 10.1 Å². The molecule has 0 spiro atoms. The van der Waals surface area contributed by atoms with Crippen LogP contribution in [0, 0.1) is 5.82 Å². The number of halogens is 1. The van der Waals surface area contributed by atoms with Crippen molar-refractivity contribution in [1.29, 1.82) is 0 Å². The lowest BCUT2D eigenvalue weighted by Crippen LogP contribution is -2.32. The van der Waals surface area contributed by atoms with Crippen molar-refractivity contribution >= 4 is 5.97 Å². The predicted molar refractivity (Wildman–Crippen MR) is 67.4 cm³/mol. The molecule has 0 aliphatic heterocycles. The monoisotopic (exact) mass is 271 g/mol. The topological polar surface area (TPSA) is 67.8 Å². The van der Waals surface area contributed by atoms with Gasteiger partial charge in [0, 0.05) is 13.1 Å². The Balaban J connectivity index is 2.12. The molecule has 106 valence electrons. The number of carbonyl (C=O) groups is 1. The number of hydrogen-bond acceptors (Lipinski definition) is 5. The second-order valence-corrected chi connectivity index (χ2v) is 3.95. The van der Waals surface area contributed by atoms with E-state index in [2.05, 4.69) is 10.1 Å². The fourth-order valence-corrected chi connectivity index (χ4v) is 1.34. The summed E-state index contributed by atoms with van der Waals surface area (Å²) < 4.78 is 22.4. The third-order valence-corrected chi connectivity index (χ3v) is 2.37. The Morgan fingerprint density at radius 3 is 2.74 bits per heavy atom. The first-order valence-corrected chi connectivity index (χ1v) is 5.96. The molecule has 19 heavy (non-hydrogen) atoms. The number of carbonyl (C=O) groups excluding carboxylic acids is 1. The van der Waals surface area contributed by atoms with Crippen LogP contribution in [0.3, 0.4) is 0 Å². The molecule has 0 saturated carbocycles. The number of ether oxygens (including phenoxy) is 2. The van der Waals surface area contributed by atoms with Crippen LogP contribution in [0.5, 0.6) is 5.75 Å². The minimum Gasteiger partial charge on any atom is -0.491 e. The van der Waals surface area contributed by atoms with Crippen LogP contribution in [0.1, 0.15) is 6.42 Å². The van der Waals surface area contributed by atoms with Gasteiger partial charge in [0.25, 0.3) is 0 Å². The highest BCUT2D eigenvalue weighted by Gasteiger charge is 2.06. The number of esters is 1. The first-order valence-electron chi connectivity index (χ1n) is 5.96. The van der Waals surface area contributed by atoms with Crippen molar-refractivity contribution in [3.63, 3.8) is 0 Å². The fraction of sp³-hybridized carbons (Fsp3) is 0.462. The second kappa shape index (κ2) is 8.44. The summed E-state index contributed by atoms with van der Waals surface area (Å²) in [6.07, 6.45) is -0.454. The van der Waals surface area contributed by atoms with Crippen LogP contribution in [0.15, 0.2) is 24.3 Å². The lowest BCUT2D eigenvalue weighted by atomic mass is 10.3. The van der Waals surface area contributed by atoms with E-state index in [4.69, 9.17) is 4.74 Å². The van der Waals surface area contributed by atoms with Gasteiger partial charge in [-0.2, -0.15) is 0 Å². The minimum atomic E-state index is -0.706. The number of aliphatic hydroxyl groups excluding tert-OH is 1. The first-order chi connectivity index (χ1) is 9.11. The molecule has 0 radical (unpaired) electrons. The number of rotatable bonds is 8. The molecular weight excluding hydrogens is 253 g/mol. The summed E-state index contributed by atoms with van der Waals surface area (Å²) in [6.45, 7) is 0.829. The number of hydrogen-bond donors (Lipinski definition) is 2. The zero-order valence-electron chi connectivity index (χ0n) is 10.8. The molecule has 1 atom stereocenters. The smallest absolute Gasteiger partial charge is 0.306 e. The summed E-state index contributed by atoms with van der Waals surface area (Å²) in [6, 6.07) is 5.56. The van der Waals surface area contributed by atoms with Crippen molar-refractivity contribution in [2.45, 2.75) is 12.5 Å². The maximum Gasteiger partial charge on any atom is 0.306 e. The predicted octanol–water partition coefficient (Wildman–Crippen LogP) is 0.718. The van der Waals surface area contributed by atoms with E-state index in [1.807, 2.05) is 0 Å². The van der Waals surface area contributed by atoms with Crippen molar-refractivity contribution in [3.8, 4) is 5.75 Å². The van der Waals surface area contributed by atoms with E-state index >= 15 is 0 Å². The van der Waals surface area contributed by atoms with Crippen LogP contribution in [0.4, 0.5) is 4.39 Å². The third kappa shape index (κ3) is 6.73. The van der Waals surface area contributed by atoms with Crippen molar-refractivity contribution in [1.82, 2.24) is 5.32 Å². The molecule has 0 bridgehead atoms. The van der Waals surface area contributed by atoms with E-state index < -0.39 is 6.10 Å². The van der Waals surface area contributed by atoms with Crippen molar-refractivity contribution < 1.29 is 23.8 Å². The summed E-state index contributed by atoms with van der Waals surface area (Å²) in [5.74, 6) is -0.142. The normalized spacial score (nSPS) is 11.9. The van der Waals surface area contributed by atoms with E-state index in [1.165, 1.54) is 31.4 Å². The van der Waals surface area contributed by atoms with Gasteiger partial charge in [0.1, 0.15) is 24.3 Å². The number of nitrogens with one attached hydrogen (secondary N) is 1. The van der Waals surface area contributed by atoms with Crippen LogP contribution >= 0.6 is 0 Å². The highest BCUT2D eigenvalue weighted by atomic mass is 19.1. The third-order valence-electron chi connectivity index (χ3n) is 2.37. The Morgan fingerprint density at radius 1 is 1.42 bits per heavy atom. The quantitative estimate of drug-likeness (QED) is 0.538. The van der Waals surface area contributed by atoms with Gasteiger partial charge in [0.2, 0.25) is 0 Å². The molecule has 0 fully saturated rings. The van der Waals surface area contributed by atoms with Gasteiger partial charge in [-0.05, 0) is 24.3 Å². The summed E-state index contributed by atoms with van der Waals surface area (Å²) in [7, 11) is 1.33. The van der Waals surface area contributed by atoms with Crippen LogP contribution in [-0.2, 0) is 9.53 Å². The molecule has 0 aliphatic carbocycles. The zero-order valence-corrected chi connectivity index (χ0v) is 10.8. The molecule has 1 rings (SSSR count). The first kappa shape index (κ1) is 15.4. The van der Waals surface area contributed by atoms with E-state index in [9.17, 15) is 14.3 Å². The van der Waals surface area contributed by atoms with Gasteiger partial charge in [-0.15, -0.1) is 0 Å². The highest BCUT2D eigenvalue weighted by molar-refractivity contribution is 5.69. The molecule has 0 aromatic heterocycles. The Bertz CT molecular complexity index is 383. The van der Waals surface area contributed by atoms with Crippen LogP contribution in [0.25, 0.3) is 0 Å². The van der Waals surface area contributed by atoms with Gasteiger partial charge < -0.3 is 19.9 Å². The molecule has 2 N–H and O–H groups in total. The van der Waals surface area contributed by atoms with E-state index in [0.717, 1.165) is 0 Å². The summed E-state index contributed by atoms with van der Waals surface area (Å²) in [4.78, 5) is 10.8. The molecule has 0 aliphatic rings. The molecule has 0 amide bonds. The molecule has 0 heterocycles. The maximum atomic E-state index is 12.6. The molecule has 1 aromatic carbocycles. The molecule has 1 unspecified atom stereocenters. The molecule has 6 heteroatoms. The SMILES string of the molecule is COC(=O)CCNCC(O)COc1ccc(F)cc1. The number of methoxy groups -OCH3 is 1. The molecule has 1 aromatic rings. The summed E-state index contributed by atoms with van der Waals surface area (Å²) >= 11 is 0. The van der Waals surface area contributed by atoms with E-state index in [1.54, 1.807) is 0 Å². The standard InChI is InChI=1S/C13H18FNO4/c1-18-13(17)6-7-15-8-11(16)9-19-12-4-2-10(14)3-5-12/h2-5,11,15-16H,6-9H2,1H3. The van der Waals surface area contributed by atoms with Gasteiger partial charge in [0.05, 0.1) is 13.5 Å². The molecule has 5 nitrogen and oxygen atoms in total. The largest absolute Gasteiger partial charge is 0.491 e. The lowest BCUT2D eigenvalue weighted by Gasteiger charge is -2.13. The van der Waals surface area contributed by atoms with Crippen LogP contribution in [-0.4, -0.2) is 44.0 Å². The van der Waals surface area contributed by atoms with Gasteiger partial charge in [-0.3, -0.25) is 4.79 Å². The Kier molecular flexibility index (Phi) is 6.84. The maximum absolute atomic E-state index is 12.6. The average molecular weight is 271 g/mol.